The Balaban J connectivity index is 1.54. The molecule has 27 heavy (non-hydrogen) atoms. The van der Waals surface area contributed by atoms with Crippen molar-refractivity contribution in [2.45, 2.75) is 108 Å². The van der Waals surface area contributed by atoms with Gasteiger partial charge in [0.15, 0.2) is 17.9 Å². The second-order valence-electron chi connectivity index (χ2n) is 8.71. The second-order valence-corrected chi connectivity index (χ2v) is 8.71. The topological polar surface area (TPSA) is 98.5 Å². The molecule has 9 heteroatoms. The van der Waals surface area contributed by atoms with Gasteiger partial charge in [0.1, 0.15) is 30.5 Å². The van der Waals surface area contributed by atoms with Crippen molar-refractivity contribution in [1.29, 1.82) is 0 Å². The van der Waals surface area contributed by atoms with Gasteiger partial charge in [-0.1, -0.05) is 6.42 Å². The molecule has 3 heterocycles. The highest BCUT2D eigenvalue weighted by Gasteiger charge is 2.59. The van der Waals surface area contributed by atoms with E-state index >= 15 is 0 Å². The third-order valence-corrected chi connectivity index (χ3v) is 5.69. The Morgan fingerprint density at radius 3 is 2.37 bits per heavy atom. The molecule has 0 N–H and O–H groups in total. The van der Waals surface area contributed by atoms with E-state index in [1.807, 2.05) is 27.7 Å². The minimum Gasteiger partial charge on any atom is -0.348 e. The molecule has 9 nitrogen and oxygen atoms in total. The van der Waals surface area contributed by atoms with Gasteiger partial charge in [-0.25, -0.2) is 0 Å². The smallest absolute Gasteiger partial charge is 0.238 e. The van der Waals surface area contributed by atoms with Gasteiger partial charge in [-0.3, -0.25) is 10.1 Å². The molecule has 3 aliphatic heterocycles. The fourth-order valence-corrected chi connectivity index (χ4v) is 4.50. The molecular weight excluding hydrogens is 358 g/mol. The molecule has 0 spiro atoms. The quantitative estimate of drug-likeness (QED) is 0.536. The zero-order chi connectivity index (χ0) is 19.4. The predicted octanol–water partition coefficient (Wildman–Crippen LogP) is 1.99. The Morgan fingerprint density at radius 1 is 0.963 bits per heavy atom. The second kappa shape index (κ2) is 6.89. The van der Waals surface area contributed by atoms with Crippen molar-refractivity contribution >= 4 is 0 Å². The van der Waals surface area contributed by atoms with Crippen molar-refractivity contribution in [2.24, 2.45) is 0 Å². The van der Waals surface area contributed by atoms with Crippen molar-refractivity contribution in [3.05, 3.63) is 10.1 Å². The van der Waals surface area contributed by atoms with Crippen LogP contribution in [-0.2, 0) is 28.4 Å². The number of ether oxygens (including phenoxy) is 6. The molecule has 154 valence electrons. The predicted molar refractivity (Wildman–Crippen MR) is 91.5 cm³/mol. The van der Waals surface area contributed by atoms with E-state index in [0.29, 0.717) is 19.4 Å². The number of hydrogen-bond acceptors (Lipinski definition) is 8. The standard InChI is InChI=1S/C18H29NO8/c1-17(2)22-9-12-13(25-17)14-15(27-18(3,4)26-14)16(24-12)23-11-8-6-5-7-10(11)19(20)21/h10-16H,5-9H2,1-4H3/t10-,11+,12+,13+,14-,15-,16?/m0/s1. The van der Waals surface area contributed by atoms with E-state index in [1.54, 1.807) is 0 Å². The first-order valence-corrected chi connectivity index (χ1v) is 9.77. The van der Waals surface area contributed by atoms with Crippen LogP contribution in [-0.4, -0.2) is 66.0 Å². The van der Waals surface area contributed by atoms with Crippen LogP contribution < -0.4 is 0 Å². The van der Waals surface area contributed by atoms with E-state index < -0.39 is 36.1 Å². The minimum absolute atomic E-state index is 0.238. The number of hydrogen-bond donors (Lipinski definition) is 0. The van der Waals surface area contributed by atoms with E-state index in [4.69, 9.17) is 28.4 Å². The monoisotopic (exact) mass is 387 g/mol. The van der Waals surface area contributed by atoms with Crippen LogP contribution in [0, 0.1) is 10.1 Å². The minimum atomic E-state index is -0.809. The van der Waals surface area contributed by atoms with Crippen molar-refractivity contribution in [1.82, 2.24) is 0 Å². The van der Waals surface area contributed by atoms with Crippen LogP contribution in [0.4, 0.5) is 0 Å². The van der Waals surface area contributed by atoms with Gasteiger partial charge in [0.05, 0.1) is 6.61 Å². The van der Waals surface area contributed by atoms with Gasteiger partial charge in [0, 0.05) is 11.3 Å². The first-order valence-electron chi connectivity index (χ1n) is 9.77. The summed E-state index contributed by atoms with van der Waals surface area (Å²) in [5, 5.41) is 11.4. The summed E-state index contributed by atoms with van der Waals surface area (Å²) in [6.07, 6.45) is 0.0471. The van der Waals surface area contributed by atoms with Gasteiger partial charge in [0.25, 0.3) is 0 Å². The van der Waals surface area contributed by atoms with Crippen LogP contribution >= 0.6 is 0 Å². The summed E-state index contributed by atoms with van der Waals surface area (Å²) in [7, 11) is 0. The SMILES string of the molecule is CC1(C)OC[C@H]2OC(O[C@@H]3CCCC[C@@H]3[N+](=O)[O-])[C@H]3OC(C)(C)O[C@H]3[C@@H]2O1. The molecule has 4 aliphatic rings. The maximum Gasteiger partial charge on any atom is 0.238 e. The Hall–Kier alpha value is -0.840. The van der Waals surface area contributed by atoms with Gasteiger partial charge in [0.2, 0.25) is 6.04 Å². The molecule has 4 rings (SSSR count). The molecule has 0 bridgehead atoms. The molecule has 0 aromatic heterocycles. The molecule has 0 aromatic carbocycles. The zero-order valence-corrected chi connectivity index (χ0v) is 16.3. The molecule has 3 saturated heterocycles. The Morgan fingerprint density at radius 2 is 1.63 bits per heavy atom. The van der Waals surface area contributed by atoms with Crippen molar-refractivity contribution in [3.8, 4) is 0 Å². The maximum atomic E-state index is 11.4. The van der Waals surface area contributed by atoms with Crippen molar-refractivity contribution < 1.29 is 33.3 Å². The van der Waals surface area contributed by atoms with Gasteiger partial charge >= 0.3 is 0 Å². The lowest BCUT2D eigenvalue weighted by molar-refractivity contribution is -0.543. The van der Waals surface area contributed by atoms with Crippen LogP contribution in [0.3, 0.4) is 0 Å². The number of rotatable bonds is 3. The summed E-state index contributed by atoms with van der Waals surface area (Å²) in [6.45, 7) is 7.72. The van der Waals surface area contributed by atoms with Crippen molar-refractivity contribution in [3.63, 3.8) is 0 Å². The lowest BCUT2D eigenvalue weighted by atomic mass is 9.92. The molecule has 0 aromatic rings. The third-order valence-electron chi connectivity index (χ3n) is 5.69. The lowest BCUT2D eigenvalue weighted by Crippen LogP contribution is -2.64. The largest absolute Gasteiger partial charge is 0.348 e. The fourth-order valence-electron chi connectivity index (χ4n) is 4.50. The van der Waals surface area contributed by atoms with E-state index in [9.17, 15) is 10.1 Å². The zero-order valence-electron chi connectivity index (χ0n) is 16.3. The van der Waals surface area contributed by atoms with E-state index in [1.165, 1.54) is 0 Å². The number of fused-ring (bicyclic) bond motifs is 3. The highest BCUT2D eigenvalue weighted by atomic mass is 16.8. The third kappa shape index (κ3) is 3.86. The molecule has 0 radical (unpaired) electrons. The van der Waals surface area contributed by atoms with Crippen LogP contribution in [0.25, 0.3) is 0 Å². The summed E-state index contributed by atoms with van der Waals surface area (Å²) in [5.74, 6) is -1.55. The lowest BCUT2D eigenvalue weighted by Gasteiger charge is -2.48. The molecule has 7 atom stereocenters. The Labute approximate surface area is 158 Å². The van der Waals surface area contributed by atoms with Gasteiger partial charge < -0.3 is 28.4 Å². The normalized spacial score (nSPS) is 45.7. The van der Waals surface area contributed by atoms with E-state index in [0.717, 1.165) is 12.8 Å². The summed E-state index contributed by atoms with van der Waals surface area (Å²) in [5.41, 5.74) is 0. The fraction of sp³-hybridized carbons (Fsp3) is 1.00. The van der Waals surface area contributed by atoms with Crippen LogP contribution in [0.2, 0.25) is 0 Å². The number of nitro groups is 1. The molecule has 1 aliphatic carbocycles. The van der Waals surface area contributed by atoms with Crippen LogP contribution in [0.1, 0.15) is 53.4 Å². The highest BCUT2D eigenvalue weighted by Crippen LogP contribution is 2.43. The summed E-state index contributed by atoms with van der Waals surface area (Å²) in [6, 6.07) is -0.716. The molecule has 1 unspecified atom stereocenters. The molecule has 0 amide bonds. The Kier molecular flexibility index (Phi) is 4.97. The number of nitrogens with zero attached hydrogens (tertiary/aromatic N) is 1. The average molecular weight is 387 g/mol. The van der Waals surface area contributed by atoms with Crippen molar-refractivity contribution in [2.75, 3.05) is 6.61 Å². The van der Waals surface area contributed by atoms with Gasteiger partial charge in [-0.05, 0) is 40.5 Å². The van der Waals surface area contributed by atoms with E-state index in [-0.39, 0.29) is 23.2 Å². The summed E-state index contributed by atoms with van der Waals surface area (Å²) >= 11 is 0. The van der Waals surface area contributed by atoms with Crippen LogP contribution in [0.15, 0.2) is 0 Å². The highest BCUT2D eigenvalue weighted by molar-refractivity contribution is 4.99. The maximum absolute atomic E-state index is 11.4. The molecular formula is C18H29NO8. The summed E-state index contributed by atoms with van der Waals surface area (Å²) in [4.78, 5) is 11.2. The van der Waals surface area contributed by atoms with Gasteiger partial charge in [-0.2, -0.15) is 0 Å². The Bertz CT molecular complexity index is 582. The van der Waals surface area contributed by atoms with E-state index in [2.05, 4.69) is 0 Å². The molecule has 4 fully saturated rings. The van der Waals surface area contributed by atoms with Gasteiger partial charge in [-0.15, -0.1) is 0 Å². The first kappa shape index (κ1) is 19.5. The average Bonchev–Trinajstić information content (AvgIpc) is 2.91. The summed E-state index contributed by atoms with van der Waals surface area (Å²) < 4.78 is 36.2. The molecule has 1 saturated carbocycles. The van der Waals surface area contributed by atoms with Crippen LogP contribution in [0.5, 0.6) is 0 Å². The first-order chi connectivity index (χ1) is 12.7.